The molecule has 0 radical (unpaired) electrons. The average molecular weight is 302 g/mol. The second-order valence-electron chi connectivity index (χ2n) is 5.81. The molecule has 22 heavy (non-hydrogen) atoms. The molecule has 6 nitrogen and oxygen atoms in total. The summed E-state index contributed by atoms with van der Waals surface area (Å²) in [4.78, 5) is 24.5. The predicted molar refractivity (Wildman–Crippen MR) is 80.1 cm³/mol. The highest BCUT2D eigenvalue weighted by atomic mass is 16.6. The van der Waals surface area contributed by atoms with E-state index >= 15 is 0 Å². The number of ether oxygens (including phenoxy) is 2. The van der Waals surface area contributed by atoms with Crippen molar-refractivity contribution in [1.29, 1.82) is 0 Å². The Morgan fingerprint density at radius 1 is 1.14 bits per heavy atom. The molecule has 0 fully saturated rings. The molecule has 6 heteroatoms. The molecule has 0 spiro atoms. The van der Waals surface area contributed by atoms with E-state index in [1.165, 1.54) is 7.11 Å². The number of nitrogens with zero attached hydrogens (tertiary/aromatic N) is 2. The molecule has 1 atom stereocenters. The van der Waals surface area contributed by atoms with Crippen molar-refractivity contribution in [3.8, 4) is 0 Å². The van der Waals surface area contributed by atoms with Gasteiger partial charge in [0.05, 0.1) is 19.0 Å². The number of fused-ring (bicyclic) bond motifs is 1. The van der Waals surface area contributed by atoms with Crippen molar-refractivity contribution in [2.24, 2.45) is 0 Å². The molecule has 0 saturated carbocycles. The second-order valence-corrected chi connectivity index (χ2v) is 5.81. The number of carbonyl (C=O) groups is 2. The highest BCUT2D eigenvalue weighted by Gasteiger charge is 2.36. The second kappa shape index (κ2) is 6.09. The molecule has 0 aliphatic heterocycles. The summed E-state index contributed by atoms with van der Waals surface area (Å²) in [5.74, 6) is -2.69. The fourth-order valence-corrected chi connectivity index (χ4v) is 2.06. The quantitative estimate of drug-likeness (QED) is 0.639. The van der Waals surface area contributed by atoms with E-state index in [2.05, 4.69) is 10.2 Å². The number of hydrogen-bond acceptors (Lipinski definition) is 6. The lowest BCUT2D eigenvalue weighted by atomic mass is 9.99. The third-order valence-corrected chi connectivity index (χ3v) is 2.95. The van der Waals surface area contributed by atoms with E-state index < -0.39 is 23.5 Å². The molecule has 116 valence electrons. The van der Waals surface area contributed by atoms with Crippen molar-refractivity contribution in [2.45, 2.75) is 32.3 Å². The largest absolute Gasteiger partial charge is 0.468 e. The first-order chi connectivity index (χ1) is 10.3. The van der Waals surface area contributed by atoms with Crippen LogP contribution in [0.2, 0.25) is 0 Å². The van der Waals surface area contributed by atoms with E-state index in [1.807, 2.05) is 12.1 Å². The van der Waals surface area contributed by atoms with Crippen LogP contribution < -0.4 is 0 Å². The standard InChI is InChI=1S/C16H18N2O4/c1-16(2,3)22-15(20)12(14(19)21-4)13-11-8-6-5-7-10(11)9-17-18-13/h5-9,12H,1-4H3. The van der Waals surface area contributed by atoms with Crippen LogP contribution in [0.25, 0.3) is 10.8 Å². The van der Waals surface area contributed by atoms with Crippen LogP contribution in [0.4, 0.5) is 0 Å². The molecule has 0 bridgehead atoms. The number of benzene rings is 1. The molecule has 1 aromatic carbocycles. The maximum Gasteiger partial charge on any atom is 0.327 e. The lowest BCUT2D eigenvalue weighted by Crippen LogP contribution is -2.32. The minimum atomic E-state index is -1.26. The van der Waals surface area contributed by atoms with Crippen molar-refractivity contribution in [3.05, 3.63) is 36.2 Å². The number of hydrogen-bond donors (Lipinski definition) is 0. The molecule has 1 aromatic heterocycles. The van der Waals surface area contributed by atoms with E-state index in [0.29, 0.717) is 5.39 Å². The van der Waals surface area contributed by atoms with Crippen molar-refractivity contribution >= 4 is 22.7 Å². The van der Waals surface area contributed by atoms with Gasteiger partial charge in [0.1, 0.15) is 5.60 Å². The molecule has 0 aliphatic carbocycles. The van der Waals surface area contributed by atoms with Gasteiger partial charge in [-0.05, 0) is 20.8 Å². The highest BCUT2D eigenvalue weighted by molar-refractivity contribution is 6.04. The third-order valence-electron chi connectivity index (χ3n) is 2.95. The molecule has 2 aromatic rings. The summed E-state index contributed by atoms with van der Waals surface area (Å²) in [5.41, 5.74) is -0.485. The van der Waals surface area contributed by atoms with E-state index in [-0.39, 0.29) is 5.69 Å². The molecular weight excluding hydrogens is 284 g/mol. The molecule has 0 aliphatic rings. The number of aromatic nitrogens is 2. The summed E-state index contributed by atoms with van der Waals surface area (Å²) < 4.78 is 10.1. The smallest absolute Gasteiger partial charge is 0.327 e. The summed E-state index contributed by atoms with van der Waals surface area (Å²) in [7, 11) is 1.22. The Balaban J connectivity index is 2.53. The monoisotopic (exact) mass is 302 g/mol. The van der Waals surface area contributed by atoms with Crippen LogP contribution in [0.5, 0.6) is 0 Å². The van der Waals surface area contributed by atoms with Crippen LogP contribution >= 0.6 is 0 Å². The van der Waals surface area contributed by atoms with E-state index in [1.54, 1.807) is 39.1 Å². The molecule has 0 amide bonds. The number of rotatable bonds is 3. The fraction of sp³-hybridized carbons (Fsp3) is 0.375. The Morgan fingerprint density at radius 3 is 2.45 bits per heavy atom. The van der Waals surface area contributed by atoms with Crippen LogP contribution in [0.15, 0.2) is 30.5 Å². The zero-order valence-electron chi connectivity index (χ0n) is 13.0. The Hall–Kier alpha value is -2.50. The lowest BCUT2D eigenvalue weighted by Gasteiger charge is -2.22. The highest BCUT2D eigenvalue weighted by Crippen LogP contribution is 2.26. The number of esters is 2. The maximum atomic E-state index is 12.4. The van der Waals surface area contributed by atoms with Gasteiger partial charge in [0.25, 0.3) is 0 Å². The normalized spacial score (nSPS) is 12.7. The van der Waals surface area contributed by atoms with Gasteiger partial charge in [-0.2, -0.15) is 10.2 Å². The van der Waals surface area contributed by atoms with Crippen molar-refractivity contribution in [1.82, 2.24) is 10.2 Å². The van der Waals surface area contributed by atoms with Crippen LogP contribution in [-0.4, -0.2) is 34.8 Å². The SMILES string of the molecule is COC(=O)C(C(=O)OC(C)(C)C)c1nncc2ccccc12. The number of methoxy groups -OCH3 is 1. The Kier molecular flexibility index (Phi) is 4.40. The summed E-state index contributed by atoms with van der Waals surface area (Å²) >= 11 is 0. The zero-order valence-corrected chi connectivity index (χ0v) is 13.0. The average Bonchev–Trinajstić information content (AvgIpc) is 2.45. The number of carbonyl (C=O) groups excluding carboxylic acids is 2. The van der Waals surface area contributed by atoms with Crippen LogP contribution in [0.3, 0.4) is 0 Å². The van der Waals surface area contributed by atoms with E-state index in [4.69, 9.17) is 9.47 Å². The van der Waals surface area contributed by atoms with E-state index in [0.717, 1.165) is 5.39 Å². The maximum absolute atomic E-state index is 12.4. The van der Waals surface area contributed by atoms with Gasteiger partial charge in [0, 0.05) is 10.8 Å². The van der Waals surface area contributed by atoms with Gasteiger partial charge in [0.15, 0.2) is 5.92 Å². The van der Waals surface area contributed by atoms with Gasteiger partial charge in [0.2, 0.25) is 0 Å². The van der Waals surface area contributed by atoms with Crippen molar-refractivity contribution < 1.29 is 19.1 Å². The summed E-state index contributed by atoms with van der Waals surface area (Å²) in [5, 5.41) is 9.29. The van der Waals surface area contributed by atoms with Crippen LogP contribution in [0, 0.1) is 0 Å². The van der Waals surface area contributed by atoms with Gasteiger partial charge >= 0.3 is 11.9 Å². The van der Waals surface area contributed by atoms with Crippen LogP contribution in [0.1, 0.15) is 32.4 Å². The van der Waals surface area contributed by atoms with Gasteiger partial charge in [-0.3, -0.25) is 9.59 Å². The van der Waals surface area contributed by atoms with Crippen molar-refractivity contribution in [3.63, 3.8) is 0 Å². The van der Waals surface area contributed by atoms with E-state index in [9.17, 15) is 9.59 Å². The van der Waals surface area contributed by atoms with Gasteiger partial charge in [-0.15, -0.1) is 0 Å². The molecule has 2 rings (SSSR count). The molecular formula is C16H18N2O4. The Bertz CT molecular complexity index is 701. The third kappa shape index (κ3) is 3.39. The molecule has 1 heterocycles. The molecule has 0 N–H and O–H groups in total. The Labute approximate surface area is 128 Å². The first kappa shape index (κ1) is 15.9. The lowest BCUT2D eigenvalue weighted by molar-refractivity contribution is -0.163. The van der Waals surface area contributed by atoms with Crippen molar-refractivity contribution in [2.75, 3.05) is 7.11 Å². The first-order valence-electron chi connectivity index (χ1n) is 6.84. The molecule has 0 saturated heterocycles. The summed E-state index contributed by atoms with van der Waals surface area (Å²) in [6, 6.07) is 7.25. The minimum Gasteiger partial charge on any atom is -0.468 e. The predicted octanol–water partition coefficient (Wildman–Crippen LogP) is 2.23. The fourth-order valence-electron chi connectivity index (χ4n) is 2.06. The van der Waals surface area contributed by atoms with Gasteiger partial charge in [-0.1, -0.05) is 24.3 Å². The topological polar surface area (TPSA) is 78.4 Å². The minimum absolute atomic E-state index is 0.235. The van der Waals surface area contributed by atoms with Gasteiger partial charge < -0.3 is 9.47 Å². The molecule has 1 unspecified atom stereocenters. The summed E-state index contributed by atoms with van der Waals surface area (Å²) in [6.45, 7) is 5.19. The zero-order chi connectivity index (χ0) is 16.3. The first-order valence-corrected chi connectivity index (χ1v) is 6.84. The Morgan fingerprint density at radius 2 is 1.82 bits per heavy atom. The summed E-state index contributed by atoms with van der Waals surface area (Å²) in [6.07, 6.45) is 1.57. The van der Waals surface area contributed by atoms with Crippen LogP contribution in [-0.2, 0) is 19.1 Å². The van der Waals surface area contributed by atoms with Gasteiger partial charge in [-0.25, -0.2) is 0 Å².